The fourth-order valence-electron chi connectivity index (χ4n) is 1.98. The van der Waals surface area contributed by atoms with Crippen LogP contribution in [0.15, 0.2) is 10.7 Å². The summed E-state index contributed by atoms with van der Waals surface area (Å²) in [5.74, 6) is 1.54. The Morgan fingerprint density at radius 1 is 1.39 bits per heavy atom. The van der Waals surface area contributed by atoms with Gasteiger partial charge in [-0.2, -0.15) is 14.7 Å². The van der Waals surface area contributed by atoms with E-state index in [0.29, 0.717) is 5.92 Å². The summed E-state index contributed by atoms with van der Waals surface area (Å²) in [7, 11) is 1.91. The molecule has 3 aromatic rings. The SMILES string of the molecule is Cn1ncc(Br)c1-c1nn2c(C3CC3)nnc2s1. The highest BCUT2D eigenvalue weighted by molar-refractivity contribution is 9.10. The number of halogens is 1. The molecule has 0 unspecified atom stereocenters. The molecule has 1 aliphatic carbocycles. The summed E-state index contributed by atoms with van der Waals surface area (Å²) >= 11 is 5.03. The minimum absolute atomic E-state index is 0.546. The first-order valence-electron chi connectivity index (χ1n) is 5.64. The van der Waals surface area contributed by atoms with Crippen LogP contribution in [0.4, 0.5) is 0 Å². The zero-order valence-electron chi connectivity index (χ0n) is 9.54. The van der Waals surface area contributed by atoms with Gasteiger partial charge in [0.05, 0.1) is 10.7 Å². The van der Waals surface area contributed by atoms with Crippen LogP contribution in [0.2, 0.25) is 0 Å². The number of aryl methyl sites for hydroxylation is 1. The molecule has 18 heavy (non-hydrogen) atoms. The van der Waals surface area contributed by atoms with Gasteiger partial charge in [-0.3, -0.25) is 4.68 Å². The van der Waals surface area contributed by atoms with Gasteiger partial charge in [0.25, 0.3) is 0 Å². The fourth-order valence-corrected chi connectivity index (χ4v) is 3.58. The third-order valence-corrected chi connectivity index (χ3v) is 4.54. The van der Waals surface area contributed by atoms with Gasteiger partial charge in [0.15, 0.2) is 10.8 Å². The highest BCUT2D eigenvalue weighted by Crippen LogP contribution is 2.40. The highest BCUT2D eigenvalue weighted by atomic mass is 79.9. The van der Waals surface area contributed by atoms with Crippen molar-refractivity contribution in [3.8, 4) is 10.7 Å². The lowest BCUT2D eigenvalue weighted by Crippen LogP contribution is -1.96. The van der Waals surface area contributed by atoms with Gasteiger partial charge in [-0.05, 0) is 28.8 Å². The lowest BCUT2D eigenvalue weighted by molar-refractivity contribution is 0.768. The Bertz CT molecular complexity index is 717. The Labute approximate surface area is 115 Å². The van der Waals surface area contributed by atoms with Crippen molar-refractivity contribution in [1.29, 1.82) is 0 Å². The number of rotatable bonds is 2. The van der Waals surface area contributed by atoms with Gasteiger partial charge in [0.1, 0.15) is 5.69 Å². The van der Waals surface area contributed by atoms with E-state index in [2.05, 4.69) is 36.3 Å². The Kier molecular flexibility index (Phi) is 2.13. The topological polar surface area (TPSA) is 60.9 Å². The Morgan fingerprint density at radius 3 is 2.89 bits per heavy atom. The van der Waals surface area contributed by atoms with E-state index >= 15 is 0 Å². The summed E-state index contributed by atoms with van der Waals surface area (Å²) in [6, 6.07) is 0. The summed E-state index contributed by atoms with van der Waals surface area (Å²) in [6.07, 6.45) is 4.17. The van der Waals surface area contributed by atoms with Crippen molar-refractivity contribution in [2.24, 2.45) is 7.05 Å². The molecule has 0 atom stereocenters. The van der Waals surface area contributed by atoms with Crippen molar-refractivity contribution in [2.75, 3.05) is 0 Å². The quantitative estimate of drug-likeness (QED) is 0.725. The second kappa shape index (κ2) is 3.61. The third kappa shape index (κ3) is 1.45. The molecule has 0 bridgehead atoms. The summed E-state index contributed by atoms with van der Waals surface area (Å²) in [4.78, 5) is 0.847. The molecule has 0 aromatic carbocycles. The van der Waals surface area contributed by atoms with Crippen LogP contribution in [0.1, 0.15) is 24.6 Å². The van der Waals surface area contributed by atoms with Crippen molar-refractivity contribution in [1.82, 2.24) is 29.6 Å². The molecule has 3 aromatic heterocycles. The Hall–Kier alpha value is -1.28. The van der Waals surface area contributed by atoms with Crippen molar-refractivity contribution >= 4 is 32.2 Å². The van der Waals surface area contributed by atoms with Gasteiger partial charge in [-0.25, -0.2) is 0 Å². The smallest absolute Gasteiger partial charge is 0.235 e. The van der Waals surface area contributed by atoms with E-state index in [1.807, 2.05) is 16.2 Å². The van der Waals surface area contributed by atoms with Crippen LogP contribution in [-0.4, -0.2) is 29.6 Å². The molecule has 0 spiro atoms. The van der Waals surface area contributed by atoms with Gasteiger partial charge < -0.3 is 0 Å². The number of nitrogens with zero attached hydrogens (tertiary/aromatic N) is 6. The summed E-state index contributed by atoms with van der Waals surface area (Å²) in [5, 5.41) is 18.1. The maximum Gasteiger partial charge on any atom is 0.235 e. The summed E-state index contributed by atoms with van der Waals surface area (Å²) in [6.45, 7) is 0. The van der Waals surface area contributed by atoms with Gasteiger partial charge in [0, 0.05) is 13.0 Å². The normalized spacial score (nSPS) is 15.7. The standard InChI is InChI=1S/C10H9BrN6S/c1-16-7(6(11)4-12-16)9-15-17-8(5-2-3-5)13-14-10(17)18-9/h4-5H,2-3H2,1H3. The van der Waals surface area contributed by atoms with Crippen LogP contribution < -0.4 is 0 Å². The van der Waals surface area contributed by atoms with Crippen LogP contribution >= 0.6 is 27.3 Å². The molecule has 0 radical (unpaired) electrons. The average Bonchev–Trinajstić information content (AvgIpc) is 2.84. The number of hydrogen-bond donors (Lipinski definition) is 0. The lowest BCUT2D eigenvalue weighted by atomic mass is 10.4. The third-order valence-electron chi connectivity index (χ3n) is 3.05. The first kappa shape index (κ1) is 10.6. The first-order valence-corrected chi connectivity index (χ1v) is 7.25. The molecule has 1 fully saturated rings. The van der Waals surface area contributed by atoms with Gasteiger partial charge >= 0.3 is 0 Å². The zero-order chi connectivity index (χ0) is 12.3. The van der Waals surface area contributed by atoms with E-state index in [4.69, 9.17) is 0 Å². The molecule has 0 amide bonds. The van der Waals surface area contributed by atoms with Crippen LogP contribution in [-0.2, 0) is 7.05 Å². The molecule has 1 aliphatic rings. The second-order valence-corrected chi connectivity index (χ2v) is 6.21. The van der Waals surface area contributed by atoms with Crippen molar-refractivity contribution < 1.29 is 0 Å². The molecule has 8 heteroatoms. The largest absolute Gasteiger partial charge is 0.264 e. The predicted molar refractivity (Wildman–Crippen MR) is 70.5 cm³/mol. The van der Waals surface area contributed by atoms with E-state index < -0.39 is 0 Å². The lowest BCUT2D eigenvalue weighted by Gasteiger charge is -1.96. The van der Waals surface area contributed by atoms with Gasteiger partial charge in [0.2, 0.25) is 4.96 Å². The monoisotopic (exact) mass is 324 g/mol. The number of fused-ring (bicyclic) bond motifs is 1. The van der Waals surface area contributed by atoms with Crippen LogP contribution in [0.3, 0.4) is 0 Å². The van der Waals surface area contributed by atoms with Crippen LogP contribution in [0, 0.1) is 0 Å². The van der Waals surface area contributed by atoms with E-state index in [0.717, 1.165) is 26.0 Å². The molecular weight excluding hydrogens is 316 g/mol. The van der Waals surface area contributed by atoms with Gasteiger partial charge in [-0.1, -0.05) is 11.3 Å². The zero-order valence-corrected chi connectivity index (χ0v) is 11.9. The molecule has 0 saturated heterocycles. The van der Waals surface area contributed by atoms with E-state index in [9.17, 15) is 0 Å². The minimum atomic E-state index is 0.546. The van der Waals surface area contributed by atoms with E-state index in [-0.39, 0.29) is 0 Å². The average molecular weight is 325 g/mol. The Balaban J connectivity index is 1.91. The molecule has 0 N–H and O–H groups in total. The molecule has 6 nitrogen and oxygen atoms in total. The molecule has 92 valence electrons. The Morgan fingerprint density at radius 2 is 2.22 bits per heavy atom. The highest BCUT2D eigenvalue weighted by Gasteiger charge is 2.30. The number of aromatic nitrogens is 6. The maximum atomic E-state index is 4.62. The maximum absolute atomic E-state index is 4.62. The number of hydrogen-bond acceptors (Lipinski definition) is 5. The molecule has 0 aliphatic heterocycles. The van der Waals surface area contributed by atoms with E-state index in [1.54, 1.807) is 6.20 Å². The predicted octanol–water partition coefficient (Wildman–Crippen LogP) is 2.23. The van der Waals surface area contributed by atoms with E-state index in [1.165, 1.54) is 24.2 Å². The summed E-state index contributed by atoms with van der Waals surface area (Å²) in [5.41, 5.74) is 0.979. The molecule has 4 rings (SSSR count). The fraction of sp³-hybridized carbons (Fsp3) is 0.400. The van der Waals surface area contributed by atoms with Crippen LogP contribution in [0.25, 0.3) is 15.7 Å². The van der Waals surface area contributed by atoms with Crippen molar-refractivity contribution in [2.45, 2.75) is 18.8 Å². The van der Waals surface area contributed by atoms with Crippen LogP contribution in [0.5, 0.6) is 0 Å². The summed E-state index contributed by atoms with van der Waals surface area (Å²) < 4.78 is 4.63. The minimum Gasteiger partial charge on any atom is -0.264 e. The second-order valence-electron chi connectivity index (χ2n) is 4.40. The molecule has 3 heterocycles. The molecular formula is C10H9BrN6S. The first-order chi connectivity index (χ1) is 8.74. The van der Waals surface area contributed by atoms with Gasteiger partial charge in [-0.15, -0.1) is 10.2 Å². The molecule has 1 saturated carbocycles. The van der Waals surface area contributed by atoms with Crippen molar-refractivity contribution in [3.05, 3.63) is 16.5 Å². The van der Waals surface area contributed by atoms with Crippen molar-refractivity contribution in [3.63, 3.8) is 0 Å².